The lowest BCUT2D eigenvalue weighted by Gasteiger charge is -2.36. The molecule has 2 aliphatic heterocycles. The molecule has 27 heavy (non-hydrogen) atoms. The summed E-state index contributed by atoms with van der Waals surface area (Å²) >= 11 is 0. The molecule has 2 bridgehead atoms. The lowest BCUT2D eigenvalue weighted by atomic mass is 9.98. The molecule has 2 heterocycles. The predicted molar refractivity (Wildman–Crippen MR) is 103 cm³/mol. The Morgan fingerprint density at radius 1 is 1.30 bits per heavy atom. The molecule has 1 aromatic carbocycles. The number of amides is 2. The van der Waals surface area contributed by atoms with E-state index in [9.17, 15) is 19.7 Å². The maximum absolute atomic E-state index is 12.7. The number of carbonyl (C=O) groups is 2. The van der Waals surface area contributed by atoms with Gasteiger partial charge in [-0.3, -0.25) is 19.7 Å². The summed E-state index contributed by atoms with van der Waals surface area (Å²) in [5.41, 5.74) is 0.0142. The molecule has 0 aromatic heterocycles. The molecule has 9 heteroatoms. The summed E-state index contributed by atoms with van der Waals surface area (Å²) in [5, 5.41) is 17.0. The van der Waals surface area contributed by atoms with E-state index in [1.807, 2.05) is 0 Å². The molecular formula is C18H25ClN4O4. The van der Waals surface area contributed by atoms with Crippen LogP contribution in [0.15, 0.2) is 24.3 Å². The lowest BCUT2D eigenvalue weighted by molar-refractivity contribution is -0.384. The highest BCUT2D eigenvalue weighted by Crippen LogP contribution is 2.29. The molecule has 2 saturated heterocycles. The third kappa shape index (κ3) is 4.75. The molecule has 2 N–H and O–H groups in total. The van der Waals surface area contributed by atoms with E-state index in [4.69, 9.17) is 0 Å². The number of fused-ring (bicyclic) bond motifs is 2. The standard InChI is InChI=1S/C18H24N4O4.ClH/c1-11(19-17(23)12-4-3-5-15(8-12)22(25)26)18(24)21(2)16-9-13-6-7-14(10-16)20-13;/h3-5,8,11,13-14,16,20H,6-7,9-10H2,1-2H3,(H,19,23);1H. The molecule has 3 rings (SSSR count). The van der Waals surface area contributed by atoms with Crippen molar-refractivity contribution in [2.24, 2.45) is 0 Å². The van der Waals surface area contributed by atoms with E-state index in [1.165, 1.54) is 24.3 Å². The van der Waals surface area contributed by atoms with Gasteiger partial charge in [-0.2, -0.15) is 0 Å². The summed E-state index contributed by atoms with van der Waals surface area (Å²) in [7, 11) is 1.79. The smallest absolute Gasteiger partial charge is 0.270 e. The first-order valence-electron chi connectivity index (χ1n) is 8.93. The monoisotopic (exact) mass is 396 g/mol. The van der Waals surface area contributed by atoms with Crippen LogP contribution in [0, 0.1) is 10.1 Å². The zero-order valence-corrected chi connectivity index (χ0v) is 16.2. The minimum atomic E-state index is -0.695. The normalized spacial score (nSPS) is 24.4. The number of hydrogen-bond acceptors (Lipinski definition) is 5. The summed E-state index contributed by atoms with van der Waals surface area (Å²) < 4.78 is 0. The summed E-state index contributed by atoms with van der Waals surface area (Å²) in [4.78, 5) is 37.1. The van der Waals surface area contributed by atoms with Gasteiger partial charge in [0.15, 0.2) is 0 Å². The molecule has 1 aromatic rings. The Hall–Kier alpha value is -2.19. The fourth-order valence-electron chi connectivity index (χ4n) is 3.93. The quantitative estimate of drug-likeness (QED) is 0.584. The first kappa shape index (κ1) is 21.1. The summed E-state index contributed by atoms with van der Waals surface area (Å²) in [6.07, 6.45) is 4.18. The van der Waals surface area contributed by atoms with Gasteiger partial charge in [0.25, 0.3) is 11.6 Å². The molecule has 0 radical (unpaired) electrons. The van der Waals surface area contributed by atoms with Crippen LogP contribution in [-0.4, -0.2) is 52.9 Å². The Morgan fingerprint density at radius 2 is 1.93 bits per heavy atom. The van der Waals surface area contributed by atoms with Crippen LogP contribution in [0.5, 0.6) is 0 Å². The van der Waals surface area contributed by atoms with Gasteiger partial charge >= 0.3 is 0 Å². The number of halogens is 1. The fourth-order valence-corrected chi connectivity index (χ4v) is 3.93. The largest absolute Gasteiger partial charge is 0.341 e. The SMILES string of the molecule is CC(NC(=O)c1cccc([N+](=O)[O-])c1)C(=O)N(C)C1CC2CCC(C1)N2.Cl. The molecule has 0 spiro atoms. The van der Waals surface area contributed by atoms with E-state index in [1.54, 1.807) is 18.9 Å². The second-order valence-corrected chi connectivity index (χ2v) is 7.21. The van der Waals surface area contributed by atoms with Gasteiger partial charge in [-0.15, -0.1) is 12.4 Å². The topological polar surface area (TPSA) is 105 Å². The van der Waals surface area contributed by atoms with E-state index >= 15 is 0 Å². The van der Waals surface area contributed by atoms with Gasteiger partial charge in [0.1, 0.15) is 6.04 Å². The van der Waals surface area contributed by atoms with Crippen molar-refractivity contribution in [3.05, 3.63) is 39.9 Å². The maximum atomic E-state index is 12.7. The van der Waals surface area contributed by atoms with Crippen LogP contribution >= 0.6 is 12.4 Å². The van der Waals surface area contributed by atoms with Crippen molar-refractivity contribution in [3.8, 4) is 0 Å². The molecule has 0 aliphatic carbocycles. The third-order valence-electron chi connectivity index (χ3n) is 5.38. The van der Waals surface area contributed by atoms with E-state index in [2.05, 4.69) is 10.6 Å². The molecule has 2 aliphatic rings. The second-order valence-electron chi connectivity index (χ2n) is 7.21. The van der Waals surface area contributed by atoms with Gasteiger partial charge in [-0.25, -0.2) is 0 Å². The number of nitrogens with one attached hydrogen (secondary N) is 2. The zero-order chi connectivity index (χ0) is 18.8. The molecule has 148 valence electrons. The number of rotatable bonds is 5. The highest BCUT2D eigenvalue weighted by molar-refractivity contribution is 5.97. The van der Waals surface area contributed by atoms with E-state index in [-0.39, 0.29) is 35.6 Å². The van der Waals surface area contributed by atoms with Gasteiger partial charge in [0.05, 0.1) is 4.92 Å². The van der Waals surface area contributed by atoms with Crippen molar-refractivity contribution in [2.45, 2.75) is 56.8 Å². The Labute approximate surface area is 164 Å². The fraction of sp³-hybridized carbons (Fsp3) is 0.556. The number of likely N-dealkylation sites (N-methyl/N-ethyl adjacent to an activating group) is 1. The van der Waals surface area contributed by atoms with Crippen LogP contribution in [-0.2, 0) is 4.79 Å². The number of nitrogens with zero attached hydrogens (tertiary/aromatic N) is 2. The van der Waals surface area contributed by atoms with Crippen molar-refractivity contribution >= 4 is 29.9 Å². The Bertz CT molecular complexity index is 717. The number of non-ortho nitro benzene ring substituents is 1. The van der Waals surface area contributed by atoms with Gasteiger partial charge in [-0.05, 0) is 38.7 Å². The minimum absolute atomic E-state index is 0. The van der Waals surface area contributed by atoms with Gasteiger partial charge in [0.2, 0.25) is 5.91 Å². The number of carbonyl (C=O) groups excluding carboxylic acids is 2. The Balaban J connectivity index is 0.00000261. The Morgan fingerprint density at radius 3 is 2.52 bits per heavy atom. The molecule has 3 atom stereocenters. The highest BCUT2D eigenvalue weighted by Gasteiger charge is 2.37. The number of nitro groups is 1. The first-order valence-corrected chi connectivity index (χ1v) is 8.93. The van der Waals surface area contributed by atoms with E-state index in [0.29, 0.717) is 12.1 Å². The van der Waals surface area contributed by atoms with Crippen molar-refractivity contribution < 1.29 is 14.5 Å². The first-order chi connectivity index (χ1) is 12.3. The van der Waals surface area contributed by atoms with Crippen molar-refractivity contribution in [2.75, 3.05) is 7.05 Å². The molecule has 2 fully saturated rings. The van der Waals surface area contributed by atoms with Crippen LogP contribution in [0.4, 0.5) is 5.69 Å². The van der Waals surface area contributed by atoms with Crippen LogP contribution in [0.3, 0.4) is 0 Å². The highest BCUT2D eigenvalue weighted by atomic mass is 35.5. The van der Waals surface area contributed by atoms with Crippen molar-refractivity contribution in [3.63, 3.8) is 0 Å². The van der Waals surface area contributed by atoms with Crippen molar-refractivity contribution in [1.29, 1.82) is 0 Å². The summed E-state index contributed by atoms with van der Waals surface area (Å²) in [6, 6.07) is 5.92. The van der Waals surface area contributed by atoms with Gasteiger partial charge in [0, 0.05) is 42.9 Å². The van der Waals surface area contributed by atoms with Gasteiger partial charge < -0.3 is 15.5 Å². The van der Waals surface area contributed by atoms with Crippen LogP contribution in [0.25, 0.3) is 0 Å². The van der Waals surface area contributed by atoms with E-state index in [0.717, 1.165) is 25.7 Å². The minimum Gasteiger partial charge on any atom is -0.341 e. The maximum Gasteiger partial charge on any atom is 0.270 e. The number of benzene rings is 1. The van der Waals surface area contributed by atoms with Crippen LogP contribution < -0.4 is 10.6 Å². The van der Waals surface area contributed by atoms with E-state index < -0.39 is 16.9 Å². The lowest BCUT2D eigenvalue weighted by Crippen LogP contribution is -2.53. The summed E-state index contributed by atoms with van der Waals surface area (Å²) in [5.74, 6) is -0.636. The molecule has 3 unspecified atom stereocenters. The summed E-state index contributed by atoms with van der Waals surface area (Å²) in [6.45, 7) is 1.64. The number of hydrogen-bond donors (Lipinski definition) is 2. The molecular weight excluding hydrogens is 372 g/mol. The predicted octanol–water partition coefficient (Wildman–Crippen LogP) is 1.88. The Kier molecular flexibility index (Phi) is 6.78. The number of piperidine rings is 1. The van der Waals surface area contributed by atoms with Crippen molar-refractivity contribution in [1.82, 2.24) is 15.5 Å². The van der Waals surface area contributed by atoms with Gasteiger partial charge in [-0.1, -0.05) is 6.07 Å². The van der Waals surface area contributed by atoms with Crippen LogP contribution in [0.2, 0.25) is 0 Å². The second kappa shape index (κ2) is 8.67. The molecule has 0 saturated carbocycles. The van der Waals surface area contributed by atoms with Crippen LogP contribution in [0.1, 0.15) is 43.0 Å². The molecule has 8 nitrogen and oxygen atoms in total. The number of nitro benzene ring substituents is 1. The molecule has 2 amide bonds. The third-order valence-corrected chi connectivity index (χ3v) is 5.38. The average Bonchev–Trinajstić information content (AvgIpc) is 2.98. The zero-order valence-electron chi connectivity index (χ0n) is 15.4. The average molecular weight is 397 g/mol.